The fourth-order valence-corrected chi connectivity index (χ4v) is 4.91. The molecule has 30 heavy (non-hydrogen) atoms. The highest BCUT2D eigenvalue weighted by molar-refractivity contribution is 5.88. The minimum absolute atomic E-state index is 0.0180. The number of pyridine rings is 1. The molecule has 2 aliphatic rings. The van der Waals surface area contributed by atoms with Gasteiger partial charge in [0.2, 0.25) is 0 Å². The number of nitrogens with two attached hydrogens (primary N) is 1. The zero-order valence-electron chi connectivity index (χ0n) is 16.6. The third-order valence-corrected chi connectivity index (χ3v) is 6.78. The van der Waals surface area contributed by atoms with Gasteiger partial charge in [-0.1, -0.05) is 0 Å². The van der Waals surface area contributed by atoms with Gasteiger partial charge in [0.15, 0.2) is 0 Å². The smallest absolute Gasteiger partial charge is 0.307 e. The van der Waals surface area contributed by atoms with Gasteiger partial charge >= 0.3 is 5.97 Å². The number of carboxylic acids is 1. The van der Waals surface area contributed by atoms with E-state index in [0.717, 1.165) is 37.8 Å². The summed E-state index contributed by atoms with van der Waals surface area (Å²) in [6, 6.07) is 3.77. The number of nitrogens with zero attached hydrogens (tertiary/aromatic N) is 5. The quantitative estimate of drug-likeness (QED) is 0.675. The third kappa shape index (κ3) is 2.84. The molecule has 1 unspecified atom stereocenters. The molecule has 0 aromatic carbocycles. The molecule has 0 aliphatic heterocycles. The molecular formula is C21H22N6O3. The number of rotatable bonds is 3. The molecule has 2 saturated carbocycles. The van der Waals surface area contributed by atoms with E-state index in [1.54, 1.807) is 13.1 Å². The van der Waals surface area contributed by atoms with E-state index in [9.17, 15) is 14.7 Å². The Morgan fingerprint density at radius 2 is 2.00 bits per heavy atom. The van der Waals surface area contributed by atoms with Gasteiger partial charge in [0.1, 0.15) is 23.0 Å². The van der Waals surface area contributed by atoms with Gasteiger partial charge in [0, 0.05) is 11.6 Å². The SMILES string of the molecule is Cc1nn(-c2ccc(C3CCC4(CC3)CC4C(=O)O)nc2)c(=O)c2c(N)ncnc12. The van der Waals surface area contributed by atoms with E-state index in [1.165, 1.54) is 11.0 Å². The van der Waals surface area contributed by atoms with Crippen molar-refractivity contribution in [3.05, 3.63) is 46.4 Å². The number of carboxylic acid groups (broad SMARTS) is 1. The van der Waals surface area contributed by atoms with Crippen molar-refractivity contribution in [2.24, 2.45) is 11.3 Å². The zero-order valence-corrected chi connectivity index (χ0v) is 16.6. The number of carbonyl (C=O) groups is 1. The second-order valence-corrected chi connectivity index (χ2v) is 8.46. The Labute approximate surface area is 172 Å². The van der Waals surface area contributed by atoms with E-state index in [-0.39, 0.29) is 28.1 Å². The summed E-state index contributed by atoms with van der Waals surface area (Å²) in [5, 5.41) is 13.9. The number of aromatic nitrogens is 5. The van der Waals surface area contributed by atoms with Crippen molar-refractivity contribution in [3.8, 4) is 5.69 Å². The fourth-order valence-electron chi connectivity index (χ4n) is 4.91. The van der Waals surface area contributed by atoms with Crippen LogP contribution in [0.25, 0.3) is 16.6 Å². The number of hydrogen-bond donors (Lipinski definition) is 2. The van der Waals surface area contributed by atoms with Crippen LogP contribution in [0.4, 0.5) is 5.82 Å². The summed E-state index contributed by atoms with van der Waals surface area (Å²) < 4.78 is 1.28. The van der Waals surface area contributed by atoms with E-state index < -0.39 is 5.97 Å². The predicted octanol–water partition coefficient (Wildman–Crippen LogP) is 2.21. The molecule has 3 aromatic rings. The highest BCUT2D eigenvalue weighted by Gasteiger charge is 2.58. The third-order valence-electron chi connectivity index (χ3n) is 6.78. The molecule has 5 rings (SSSR count). The van der Waals surface area contributed by atoms with Crippen LogP contribution in [-0.2, 0) is 4.79 Å². The van der Waals surface area contributed by atoms with Crippen LogP contribution in [0.15, 0.2) is 29.5 Å². The van der Waals surface area contributed by atoms with E-state index >= 15 is 0 Å². The maximum Gasteiger partial charge on any atom is 0.307 e. The lowest BCUT2D eigenvalue weighted by molar-refractivity contribution is -0.139. The van der Waals surface area contributed by atoms with Crippen LogP contribution in [0.2, 0.25) is 0 Å². The van der Waals surface area contributed by atoms with E-state index in [0.29, 0.717) is 22.8 Å². The normalized spacial score (nSPS) is 25.5. The molecule has 0 amide bonds. The van der Waals surface area contributed by atoms with Crippen molar-refractivity contribution in [1.29, 1.82) is 0 Å². The number of nitrogen functional groups attached to an aromatic ring is 1. The predicted molar refractivity (Wildman–Crippen MR) is 109 cm³/mol. The minimum Gasteiger partial charge on any atom is -0.481 e. The van der Waals surface area contributed by atoms with E-state index in [2.05, 4.69) is 20.1 Å². The first kappa shape index (κ1) is 18.7. The summed E-state index contributed by atoms with van der Waals surface area (Å²) in [4.78, 5) is 36.8. The number of aliphatic carboxylic acids is 1. The van der Waals surface area contributed by atoms with Gasteiger partial charge in [-0.3, -0.25) is 14.6 Å². The molecule has 3 heterocycles. The van der Waals surface area contributed by atoms with Crippen molar-refractivity contribution in [1.82, 2.24) is 24.7 Å². The number of hydrogen-bond acceptors (Lipinski definition) is 7. The van der Waals surface area contributed by atoms with Gasteiger partial charge in [-0.05, 0) is 56.6 Å². The second-order valence-electron chi connectivity index (χ2n) is 8.46. The minimum atomic E-state index is -0.661. The van der Waals surface area contributed by atoms with Crippen molar-refractivity contribution >= 4 is 22.7 Å². The van der Waals surface area contributed by atoms with Gasteiger partial charge < -0.3 is 10.8 Å². The summed E-state index contributed by atoms with van der Waals surface area (Å²) in [7, 11) is 0. The molecule has 9 heteroatoms. The second kappa shape index (κ2) is 6.58. The molecule has 0 radical (unpaired) electrons. The van der Waals surface area contributed by atoms with E-state index in [1.807, 2.05) is 12.1 Å². The first-order chi connectivity index (χ1) is 14.4. The van der Waals surface area contributed by atoms with Gasteiger partial charge in [0.25, 0.3) is 5.56 Å². The van der Waals surface area contributed by atoms with Gasteiger partial charge in [-0.25, -0.2) is 9.97 Å². The molecule has 2 fully saturated rings. The lowest BCUT2D eigenvalue weighted by Crippen LogP contribution is -2.24. The monoisotopic (exact) mass is 406 g/mol. The van der Waals surface area contributed by atoms with Crippen LogP contribution in [0.1, 0.15) is 49.4 Å². The van der Waals surface area contributed by atoms with Gasteiger partial charge in [-0.2, -0.15) is 9.78 Å². The average Bonchev–Trinajstić information content (AvgIpc) is 3.45. The molecule has 154 valence electrons. The Balaban J connectivity index is 1.40. The van der Waals surface area contributed by atoms with Crippen LogP contribution in [0, 0.1) is 18.3 Å². The van der Waals surface area contributed by atoms with Crippen molar-refractivity contribution in [3.63, 3.8) is 0 Å². The molecular weight excluding hydrogens is 384 g/mol. The summed E-state index contributed by atoms with van der Waals surface area (Å²) >= 11 is 0. The first-order valence-corrected chi connectivity index (χ1v) is 10.1. The van der Waals surface area contributed by atoms with Crippen LogP contribution in [0.3, 0.4) is 0 Å². The Morgan fingerprint density at radius 1 is 1.23 bits per heavy atom. The van der Waals surface area contributed by atoms with Crippen LogP contribution in [0.5, 0.6) is 0 Å². The van der Waals surface area contributed by atoms with E-state index in [4.69, 9.17) is 5.73 Å². The molecule has 0 saturated heterocycles. The van der Waals surface area contributed by atoms with Crippen LogP contribution >= 0.6 is 0 Å². The number of anilines is 1. The highest BCUT2D eigenvalue weighted by atomic mass is 16.4. The van der Waals surface area contributed by atoms with Crippen molar-refractivity contribution in [2.75, 3.05) is 5.73 Å². The van der Waals surface area contributed by atoms with Gasteiger partial charge in [-0.15, -0.1) is 0 Å². The van der Waals surface area contributed by atoms with Gasteiger partial charge in [0.05, 0.1) is 23.5 Å². The molecule has 9 nitrogen and oxygen atoms in total. The van der Waals surface area contributed by atoms with Crippen LogP contribution < -0.4 is 11.3 Å². The molecule has 3 aromatic heterocycles. The average molecular weight is 406 g/mol. The molecule has 1 spiro atoms. The largest absolute Gasteiger partial charge is 0.481 e. The summed E-state index contributed by atoms with van der Waals surface area (Å²) in [5.74, 6) is -0.388. The fraction of sp³-hybridized carbons (Fsp3) is 0.429. The molecule has 0 bridgehead atoms. The Kier molecular flexibility index (Phi) is 4.09. The zero-order chi connectivity index (χ0) is 21.0. The Morgan fingerprint density at radius 3 is 2.63 bits per heavy atom. The number of fused-ring (bicyclic) bond motifs is 1. The van der Waals surface area contributed by atoms with Crippen molar-refractivity contribution < 1.29 is 9.90 Å². The summed E-state index contributed by atoms with van der Waals surface area (Å²) in [6.07, 6.45) is 7.53. The standard InChI is InChI=1S/C21H22N6O3/c1-11-17-16(18(22)25-10-24-17)19(28)27(26-11)13-2-3-15(23-9-13)12-4-6-21(7-5-12)8-14(21)20(29)30/h2-3,9-10,12,14H,4-8H2,1H3,(H,29,30)(H2,22,24,25). The number of aryl methyl sites for hydroxylation is 1. The Bertz CT molecular complexity index is 1210. The molecule has 3 N–H and O–H groups in total. The lowest BCUT2D eigenvalue weighted by Gasteiger charge is -2.28. The topological polar surface area (TPSA) is 137 Å². The highest BCUT2D eigenvalue weighted by Crippen LogP contribution is 2.63. The summed E-state index contributed by atoms with van der Waals surface area (Å²) in [6.45, 7) is 1.77. The summed E-state index contributed by atoms with van der Waals surface area (Å²) in [5.41, 5.74) is 8.09. The van der Waals surface area contributed by atoms with Crippen molar-refractivity contribution in [2.45, 2.75) is 44.9 Å². The lowest BCUT2D eigenvalue weighted by atomic mass is 9.77. The maximum atomic E-state index is 12.9. The van der Waals surface area contributed by atoms with Crippen LogP contribution in [-0.4, -0.2) is 35.8 Å². The molecule has 2 aliphatic carbocycles. The Hall–Kier alpha value is -3.36. The maximum absolute atomic E-state index is 12.9. The molecule has 1 atom stereocenters. The first-order valence-electron chi connectivity index (χ1n) is 10.1.